The number of aryl methyl sites for hydroxylation is 1. The third kappa shape index (κ3) is 3.81. The second-order valence-corrected chi connectivity index (χ2v) is 5.75. The van der Waals surface area contributed by atoms with E-state index in [0.29, 0.717) is 16.3 Å². The van der Waals surface area contributed by atoms with Gasteiger partial charge in [0.15, 0.2) is 0 Å². The molecule has 0 aromatic heterocycles. The number of anilines is 1. The lowest BCUT2D eigenvalue weighted by atomic mass is 10.1. The van der Waals surface area contributed by atoms with Crippen LogP contribution in [0, 0.1) is 12.7 Å². The monoisotopic (exact) mass is 355 g/mol. The summed E-state index contributed by atoms with van der Waals surface area (Å²) in [4.78, 5) is 11.9. The molecular weight excluding hydrogens is 345 g/mol. The zero-order valence-corrected chi connectivity index (χ0v) is 13.1. The quantitative estimate of drug-likeness (QED) is 0.846. The molecule has 0 radical (unpaired) electrons. The standard InChI is InChI=1S/C15H12BrClFNO/c1-9-2-4-12(8-13(9)17)19-15(20)7-10-6-11(16)3-5-14(10)18/h2-6,8H,7H2,1H3,(H,19,20). The lowest BCUT2D eigenvalue weighted by Crippen LogP contribution is -2.15. The normalized spacial score (nSPS) is 10.4. The Labute approximate surface area is 130 Å². The fourth-order valence-electron chi connectivity index (χ4n) is 1.73. The SMILES string of the molecule is Cc1ccc(NC(=O)Cc2cc(Br)ccc2F)cc1Cl. The Morgan fingerprint density at radius 2 is 2.05 bits per heavy atom. The van der Waals surface area contributed by atoms with Crippen molar-refractivity contribution in [1.82, 2.24) is 0 Å². The summed E-state index contributed by atoms with van der Waals surface area (Å²) in [5.74, 6) is -0.688. The van der Waals surface area contributed by atoms with Crippen LogP contribution in [0.25, 0.3) is 0 Å². The van der Waals surface area contributed by atoms with Gasteiger partial charge in [-0.25, -0.2) is 4.39 Å². The van der Waals surface area contributed by atoms with Crippen LogP contribution in [-0.4, -0.2) is 5.91 Å². The van der Waals surface area contributed by atoms with E-state index in [1.165, 1.54) is 6.07 Å². The summed E-state index contributed by atoms with van der Waals surface area (Å²) < 4.78 is 14.3. The molecule has 0 atom stereocenters. The Kier molecular flexibility index (Phi) is 4.78. The van der Waals surface area contributed by atoms with Gasteiger partial charge >= 0.3 is 0 Å². The van der Waals surface area contributed by atoms with E-state index in [2.05, 4.69) is 21.2 Å². The third-order valence-corrected chi connectivity index (χ3v) is 3.71. The van der Waals surface area contributed by atoms with E-state index >= 15 is 0 Å². The largest absolute Gasteiger partial charge is 0.326 e. The smallest absolute Gasteiger partial charge is 0.228 e. The van der Waals surface area contributed by atoms with Crippen molar-refractivity contribution >= 4 is 39.1 Å². The minimum atomic E-state index is -0.398. The van der Waals surface area contributed by atoms with E-state index < -0.39 is 5.82 Å². The van der Waals surface area contributed by atoms with Crippen LogP contribution in [0.5, 0.6) is 0 Å². The number of halogens is 3. The highest BCUT2D eigenvalue weighted by molar-refractivity contribution is 9.10. The Morgan fingerprint density at radius 1 is 1.30 bits per heavy atom. The average Bonchev–Trinajstić information content (AvgIpc) is 2.38. The summed E-state index contributed by atoms with van der Waals surface area (Å²) in [5.41, 5.74) is 1.87. The highest BCUT2D eigenvalue weighted by atomic mass is 79.9. The topological polar surface area (TPSA) is 29.1 Å². The molecule has 0 bridgehead atoms. The second kappa shape index (κ2) is 6.37. The first-order valence-electron chi connectivity index (χ1n) is 5.95. The van der Waals surface area contributed by atoms with Gasteiger partial charge in [0.2, 0.25) is 5.91 Å². The highest BCUT2D eigenvalue weighted by Crippen LogP contribution is 2.21. The number of hydrogen-bond donors (Lipinski definition) is 1. The molecule has 0 saturated heterocycles. The Balaban J connectivity index is 2.09. The molecule has 0 fully saturated rings. The van der Waals surface area contributed by atoms with Gasteiger partial charge in [0, 0.05) is 15.2 Å². The van der Waals surface area contributed by atoms with Gasteiger partial charge in [-0.3, -0.25) is 4.79 Å². The fraction of sp³-hybridized carbons (Fsp3) is 0.133. The van der Waals surface area contributed by atoms with Gasteiger partial charge in [-0.15, -0.1) is 0 Å². The van der Waals surface area contributed by atoms with Crippen molar-refractivity contribution in [1.29, 1.82) is 0 Å². The van der Waals surface area contributed by atoms with Gasteiger partial charge < -0.3 is 5.32 Å². The Morgan fingerprint density at radius 3 is 2.75 bits per heavy atom. The van der Waals surface area contributed by atoms with Gasteiger partial charge in [-0.1, -0.05) is 33.6 Å². The first-order chi connectivity index (χ1) is 9.45. The maximum Gasteiger partial charge on any atom is 0.228 e. The molecule has 0 aliphatic heterocycles. The van der Waals surface area contributed by atoms with Crippen LogP contribution in [0.1, 0.15) is 11.1 Å². The molecule has 2 aromatic carbocycles. The van der Waals surface area contributed by atoms with E-state index in [9.17, 15) is 9.18 Å². The van der Waals surface area contributed by atoms with E-state index in [1.807, 2.05) is 13.0 Å². The van der Waals surface area contributed by atoms with Crippen LogP contribution < -0.4 is 5.32 Å². The predicted octanol–water partition coefficient (Wildman–Crippen LogP) is 4.73. The maximum absolute atomic E-state index is 13.6. The van der Waals surface area contributed by atoms with Crippen molar-refractivity contribution < 1.29 is 9.18 Å². The van der Waals surface area contributed by atoms with Crippen LogP contribution >= 0.6 is 27.5 Å². The highest BCUT2D eigenvalue weighted by Gasteiger charge is 2.09. The lowest BCUT2D eigenvalue weighted by Gasteiger charge is -2.08. The van der Waals surface area contributed by atoms with Crippen LogP contribution in [0.3, 0.4) is 0 Å². The lowest BCUT2D eigenvalue weighted by molar-refractivity contribution is -0.115. The minimum absolute atomic E-state index is 0.0310. The van der Waals surface area contributed by atoms with Crippen molar-refractivity contribution in [2.45, 2.75) is 13.3 Å². The molecule has 0 saturated carbocycles. The van der Waals surface area contributed by atoms with E-state index in [4.69, 9.17) is 11.6 Å². The van der Waals surface area contributed by atoms with Crippen molar-refractivity contribution in [3.63, 3.8) is 0 Å². The van der Waals surface area contributed by atoms with E-state index in [-0.39, 0.29) is 12.3 Å². The molecule has 2 nitrogen and oxygen atoms in total. The van der Waals surface area contributed by atoms with Crippen molar-refractivity contribution in [2.75, 3.05) is 5.32 Å². The molecule has 0 unspecified atom stereocenters. The van der Waals surface area contributed by atoms with Gasteiger partial charge in [0.25, 0.3) is 0 Å². The Hall–Kier alpha value is -1.39. The summed E-state index contributed by atoms with van der Waals surface area (Å²) in [6.45, 7) is 1.88. The minimum Gasteiger partial charge on any atom is -0.326 e. The first-order valence-corrected chi connectivity index (χ1v) is 7.13. The van der Waals surface area contributed by atoms with Gasteiger partial charge in [0.05, 0.1) is 6.42 Å². The number of carbonyl (C=O) groups is 1. The number of nitrogens with one attached hydrogen (secondary N) is 1. The zero-order valence-electron chi connectivity index (χ0n) is 10.7. The molecule has 104 valence electrons. The van der Waals surface area contributed by atoms with Gasteiger partial charge in [-0.2, -0.15) is 0 Å². The molecule has 1 amide bonds. The van der Waals surface area contributed by atoms with E-state index in [0.717, 1.165) is 10.0 Å². The number of carbonyl (C=O) groups excluding carboxylic acids is 1. The fourth-order valence-corrected chi connectivity index (χ4v) is 2.32. The van der Waals surface area contributed by atoms with Crippen molar-refractivity contribution in [3.8, 4) is 0 Å². The second-order valence-electron chi connectivity index (χ2n) is 4.42. The molecule has 0 aliphatic carbocycles. The predicted molar refractivity (Wildman–Crippen MR) is 82.6 cm³/mol. The molecule has 2 aromatic rings. The number of amides is 1. The zero-order chi connectivity index (χ0) is 14.7. The molecule has 0 heterocycles. The van der Waals surface area contributed by atoms with Crippen LogP contribution in [0.4, 0.5) is 10.1 Å². The van der Waals surface area contributed by atoms with Crippen molar-refractivity contribution in [3.05, 3.63) is 62.8 Å². The summed E-state index contributed by atoms with van der Waals surface area (Å²) in [6, 6.07) is 9.77. The van der Waals surface area contributed by atoms with Crippen LogP contribution in [0.2, 0.25) is 5.02 Å². The molecule has 5 heteroatoms. The molecule has 20 heavy (non-hydrogen) atoms. The maximum atomic E-state index is 13.6. The van der Waals surface area contributed by atoms with Crippen molar-refractivity contribution in [2.24, 2.45) is 0 Å². The summed E-state index contributed by atoms with van der Waals surface area (Å²) in [6.07, 6.45) is -0.0310. The Bertz CT molecular complexity index is 660. The number of benzene rings is 2. The van der Waals surface area contributed by atoms with Gasteiger partial charge in [-0.05, 0) is 48.4 Å². The van der Waals surface area contributed by atoms with Crippen LogP contribution in [0.15, 0.2) is 40.9 Å². The molecule has 0 aliphatic rings. The number of rotatable bonds is 3. The molecular formula is C15H12BrClFNO. The molecule has 0 spiro atoms. The van der Waals surface area contributed by atoms with Crippen LogP contribution in [-0.2, 0) is 11.2 Å². The number of hydrogen-bond acceptors (Lipinski definition) is 1. The third-order valence-electron chi connectivity index (χ3n) is 2.81. The summed E-state index contributed by atoms with van der Waals surface area (Å²) >= 11 is 9.24. The first kappa shape index (κ1) is 15.0. The average molecular weight is 357 g/mol. The summed E-state index contributed by atoms with van der Waals surface area (Å²) in [7, 11) is 0. The summed E-state index contributed by atoms with van der Waals surface area (Å²) in [5, 5.41) is 3.28. The van der Waals surface area contributed by atoms with Gasteiger partial charge in [0.1, 0.15) is 5.82 Å². The van der Waals surface area contributed by atoms with E-state index in [1.54, 1.807) is 24.3 Å². The molecule has 1 N–H and O–H groups in total. The molecule has 2 rings (SSSR count).